The molecule has 0 aliphatic rings. The first-order valence-corrected chi connectivity index (χ1v) is 7.70. The van der Waals surface area contributed by atoms with Gasteiger partial charge >= 0.3 is 0 Å². The van der Waals surface area contributed by atoms with E-state index in [-0.39, 0.29) is 0 Å². The van der Waals surface area contributed by atoms with Crippen molar-refractivity contribution in [1.29, 1.82) is 0 Å². The highest BCUT2D eigenvalue weighted by Gasteiger charge is 2.11. The first-order valence-electron chi connectivity index (χ1n) is 5.90. The van der Waals surface area contributed by atoms with Gasteiger partial charge in [0.15, 0.2) is 0 Å². The predicted octanol–water partition coefficient (Wildman–Crippen LogP) is 4.11. The summed E-state index contributed by atoms with van der Waals surface area (Å²) in [6, 6.07) is 8.48. The number of thiazole rings is 1. The number of aliphatic hydroxyl groups excluding tert-OH is 1. The van der Waals surface area contributed by atoms with E-state index in [0.29, 0.717) is 0 Å². The zero-order valence-corrected chi connectivity index (χ0v) is 12.4. The third-order valence-electron chi connectivity index (χ3n) is 2.61. The second-order valence-electron chi connectivity index (χ2n) is 4.34. The third kappa shape index (κ3) is 3.34. The second-order valence-corrected chi connectivity index (χ2v) is 6.50. The Labute approximate surface area is 116 Å². The van der Waals surface area contributed by atoms with Gasteiger partial charge in [-0.25, -0.2) is 4.98 Å². The number of hydrogen-bond acceptors (Lipinski definition) is 4. The molecular formula is C14H17NOS2. The smallest absolute Gasteiger partial charge is 0.103 e. The number of aromatic nitrogens is 1. The Hall–Kier alpha value is -0.840. The van der Waals surface area contributed by atoms with E-state index in [1.165, 1.54) is 10.5 Å². The summed E-state index contributed by atoms with van der Waals surface area (Å²) >= 11 is 3.40. The summed E-state index contributed by atoms with van der Waals surface area (Å²) in [7, 11) is 0. The van der Waals surface area contributed by atoms with Crippen molar-refractivity contribution in [3.05, 3.63) is 45.4 Å². The largest absolute Gasteiger partial charge is 0.388 e. The highest BCUT2D eigenvalue weighted by atomic mass is 32.2. The minimum absolute atomic E-state index is 0.416. The van der Waals surface area contributed by atoms with Gasteiger partial charge < -0.3 is 5.11 Å². The van der Waals surface area contributed by atoms with Crippen molar-refractivity contribution in [2.45, 2.75) is 37.5 Å². The molecule has 0 aliphatic heterocycles. The quantitative estimate of drug-likeness (QED) is 0.855. The van der Waals surface area contributed by atoms with E-state index in [1.807, 2.05) is 6.92 Å². The molecule has 18 heavy (non-hydrogen) atoms. The van der Waals surface area contributed by atoms with Crippen molar-refractivity contribution in [1.82, 2.24) is 4.98 Å². The molecule has 1 atom stereocenters. The third-order valence-corrected chi connectivity index (χ3v) is 5.12. The summed E-state index contributed by atoms with van der Waals surface area (Å²) in [5.74, 6) is 0.863. The lowest BCUT2D eigenvalue weighted by Gasteiger charge is -2.00. The maximum atomic E-state index is 9.60. The Balaban J connectivity index is 2.04. The molecule has 1 aromatic carbocycles. The number of benzene rings is 1. The zero-order valence-electron chi connectivity index (χ0n) is 10.8. The van der Waals surface area contributed by atoms with E-state index in [2.05, 4.69) is 36.2 Å². The number of aliphatic hydroxyl groups is 1. The fourth-order valence-electron chi connectivity index (χ4n) is 1.77. The van der Waals surface area contributed by atoms with E-state index in [0.717, 1.165) is 21.3 Å². The maximum absolute atomic E-state index is 9.60. The second kappa shape index (κ2) is 5.87. The van der Waals surface area contributed by atoms with Crippen LogP contribution in [0, 0.1) is 13.8 Å². The van der Waals surface area contributed by atoms with E-state index in [9.17, 15) is 5.11 Å². The molecule has 1 unspecified atom stereocenters. The summed E-state index contributed by atoms with van der Waals surface area (Å²) in [4.78, 5) is 6.75. The van der Waals surface area contributed by atoms with Crippen LogP contribution in [0.3, 0.4) is 0 Å². The molecule has 2 aromatic rings. The van der Waals surface area contributed by atoms with Crippen LogP contribution in [0.1, 0.15) is 34.2 Å². The Morgan fingerprint density at radius 2 is 2.17 bits per heavy atom. The lowest BCUT2D eigenvalue weighted by Crippen LogP contribution is -1.88. The summed E-state index contributed by atoms with van der Waals surface area (Å²) in [5.41, 5.74) is 2.23. The average Bonchev–Trinajstić information content (AvgIpc) is 2.68. The SMILES string of the molecule is Cc1cccc(SCc2nc(C)c(C(C)O)s2)c1. The van der Waals surface area contributed by atoms with Gasteiger partial charge in [-0.05, 0) is 32.9 Å². The molecule has 96 valence electrons. The molecule has 1 N–H and O–H groups in total. The van der Waals surface area contributed by atoms with Crippen molar-refractivity contribution in [3.8, 4) is 0 Å². The monoisotopic (exact) mass is 279 g/mol. The van der Waals surface area contributed by atoms with Crippen molar-refractivity contribution >= 4 is 23.1 Å². The van der Waals surface area contributed by atoms with E-state index in [4.69, 9.17) is 0 Å². The maximum Gasteiger partial charge on any atom is 0.103 e. The summed E-state index contributed by atoms with van der Waals surface area (Å²) < 4.78 is 0. The molecular weight excluding hydrogens is 262 g/mol. The fraction of sp³-hybridized carbons (Fsp3) is 0.357. The van der Waals surface area contributed by atoms with Crippen molar-refractivity contribution in [3.63, 3.8) is 0 Å². The van der Waals surface area contributed by atoms with Gasteiger partial charge in [-0.1, -0.05) is 17.7 Å². The fourth-order valence-corrected chi connectivity index (χ4v) is 3.78. The lowest BCUT2D eigenvalue weighted by atomic mass is 10.2. The predicted molar refractivity (Wildman–Crippen MR) is 78.2 cm³/mol. The molecule has 1 heterocycles. The molecule has 0 saturated carbocycles. The van der Waals surface area contributed by atoms with E-state index >= 15 is 0 Å². The first-order chi connectivity index (χ1) is 8.56. The number of thioether (sulfide) groups is 1. The standard InChI is InChI=1S/C14H17NOS2/c1-9-5-4-6-12(7-9)17-8-13-15-10(2)14(18-13)11(3)16/h4-7,11,16H,8H2,1-3H3. The van der Waals surface area contributed by atoms with Crippen LogP contribution in [0.4, 0.5) is 0 Å². The summed E-state index contributed by atoms with van der Waals surface area (Å²) in [6.07, 6.45) is -0.416. The van der Waals surface area contributed by atoms with E-state index < -0.39 is 6.10 Å². The molecule has 0 saturated heterocycles. The Morgan fingerprint density at radius 1 is 1.39 bits per heavy atom. The Morgan fingerprint density at radius 3 is 2.78 bits per heavy atom. The molecule has 0 radical (unpaired) electrons. The highest BCUT2D eigenvalue weighted by molar-refractivity contribution is 7.98. The zero-order chi connectivity index (χ0) is 13.1. The molecule has 2 nitrogen and oxygen atoms in total. The number of aryl methyl sites for hydroxylation is 2. The molecule has 2 rings (SSSR count). The molecule has 4 heteroatoms. The Bertz CT molecular complexity index is 534. The van der Waals surface area contributed by atoms with Gasteiger partial charge in [0.05, 0.1) is 22.4 Å². The van der Waals surface area contributed by atoms with Crippen LogP contribution in [-0.2, 0) is 5.75 Å². The molecule has 0 fully saturated rings. The van der Waals surface area contributed by atoms with Crippen LogP contribution in [0.5, 0.6) is 0 Å². The molecule has 0 bridgehead atoms. The van der Waals surface area contributed by atoms with Crippen LogP contribution in [0.2, 0.25) is 0 Å². The normalized spacial score (nSPS) is 12.7. The minimum Gasteiger partial charge on any atom is -0.388 e. The molecule has 0 amide bonds. The van der Waals surface area contributed by atoms with Crippen molar-refractivity contribution in [2.75, 3.05) is 0 Å². The first kappa shape index (κ1) is 13.6. The summed E-state index contributed by atoms with van der Waals surface area (Å²) in [5, 5.41) is 10.7. The molecule has 0 spiro atoms. The van der Waals surface area contributed by atoms with Crippen molar-refractivity contribution in [2.24, 2.45) is 0 Å². The van der Waals surface area contributed by atoms with Crippen molar-refractivity contribution < 1.29 is 5.11 Å². The van der Waals surface area contributed by atoms with Crippen LogP contribution >= 0.6 is 23.1 Å². The van der Waals surface area contributed by atoms with Gasteiger partial charge in [0.1, 0.15) is 5.01 Å². The van der Waals surface area contributed by atoms with Crippen LogP contribution < -0.4 is 0 Å². The Kier molecular flexibility index (Phi) is 4.43. The molecule has 0 aliphatic carbocycles. The van der Waals surface area contributed by atoms with Crippen LogP contribution in [0.15, 0.2) is 29.2 Å². The van der Waals surface area contributed by atoms with Crippen LogP contribution in [0.25, 0.3) is 0 Å². The van der Waals surface area contributed by atoms with Gasteiger partial charge in [0.2, 0.25) is 0 Å². The topological polar surface area (TPSA) is 33.1 Å². The summed E-state index contributed by atoms with van der Waals surface area (Å²) in [6.45, 7) is 5.85. The van der Waals surface area contributed by atoms with Gasteiger partial charge in [-0.2, -0.15) is 0 Å². The van der Waals surface area contributed by atoms with E-state index in [1.54, 1.807) is 30.0 Å². The number of rotatable bonds is 4. The average molecular weight is 279 g/mol. The minimum atomic E-state index is -0.416. The van der Waals surface area contributed by atoms with Gasteiger partial charge in [0.25, 0.3) is 0 Å². The van der Waals surface area contributed by atoms with Gasteiger partial charge in [0, 0.05) is 4.90 Å². The van der Waals surface area contributed by atoms with Crippen LogP contribution in [-0.4, -0.2) is 10.1 Å². The number of nitrogens with zero attached hydrogens (tertiary/aromatic N) is 1. The van der Waals surface area contributed by atoms with Gasteiger partial charge in [-0.15, -0.1) is 23.1 Å². The molecule has 1 aromatic heterocycles. The lowest BCUT2D eigenvalue weighted by molar-refractivity contribution is 0.202. The van der Waals surface area contributed by atoms with Gasteiger partial charge in [-0.3, -0.25) is 0 Å². The number of hydrogen-bond donors (Lipinski definition) is 1. The highest BCUT2D eigenvalue weighted by Crippen LogP contribution is 2.30.